The molecule has 3 aliphatic heterocycles. The molecule has 3 aliphatic rings. The largest absolute Gasteiger partial charge is 0.437 e. The second kappa shape index (κ2) is 5.55. The third-order valence-corrected chi connectivity index (χ3v) is 6.03. The number of anilines is 1. The monoisotopic (exact) mass is 398 g/mol. The van der Waals surface area contributed by atoms with Crippen molar-refractivity contribution in [3.05, 3.63) is 27.7 Å². The minimum Gasteiger partial charge on any atom is -0.437 e. The number of piperidine rings is 1. The van der Waals surface area contributed by atoms with Crippen molar-refractivity contribution in [1.82, 2.24) is 14.8 Å². The zero-order valence-electron chi connectivity index (χ0n) is 12.4. The number of aromatic nitrogens is 2. The molecule has 1 aromatic heterocycles. The summed E-state index contributed by atoms with van der Waals surface area (Å²) >= 11 is 9.25. The first-order valence-electron chi connectivity index (χ1n) is 7.46. The number of halogens is 3. The van der Waals surface area contributed by atoms with Gasteiger partial charge < -0.3 is 14.7 Å². The molecule has 120 valence electrons. The molecule has 4 heterocycles. The van der Waals surface area contributed by atoms with Crippen molar-refractivity contribution in [3.63, 3.8) is 0 Å². The summed E-state index contributed by atoms with van der Waals surface area (Å²) in [6, 6.07) is 2.30. The van der Waals surface area contributed by atoms with Crippen molar-refractivity contribution in [2.45, 2.75) is 25.3 Å². The highest BCUT2D eigenvalue weighted by molar-refractivity contribution is 9.10. The van der Waals surface area contributed by atoms with Crippen LogP contribution < -0.4 is 4.90 Å². The Morgan fingerprint density at radius 1 is 1.39 bits per heavy atom. The minimum absolute atomic E-state index is 0.220. The van der Waals surface area contributed by atoms with Crippen molar-refractivity contribution >= 4 is 51.3 Å². The molecular weight excluding hydrogens is 385 g/mol. The van der Waals surface area contributed by atoms with Crippen LogP contribution in [0.5, 0.6) is 0 Å². The van der Waals surface area contributed by atoms with Crippen LogP contribution in [0.3, 0.4) is 0 Å². The second-order valence-electron chi connectivity index (χ2n) is 6.11. The van der Waals surface area contributed by atoms with E-state index < -0.39 is 12.9 Å². The highest BCUT2D eigenvalue weighted by Gasteiger charge is 2.47. The van der Waals surface area contributed by atoms with Crippen LogP contribution in [0.4, 0.5) is 10.2 Å². The molecule has 2 aromatic rings. The van der Waals surface area contributed by atoms with Gasteiger partial charge in [-0.2, -0.15) is 0 Å². The number of benzene rings is 1. The van der Waals surface area contributed by atoms with Crippen LogP contribution in [0.15, 0.2) is 16.9 Å². The maximum atomic E-state index is 14.4. The van der Waals surface area contributed by atoms with Crippen LogP contribution in [0.1, 0.15) is 6.42 Å². The Bertz CT molecular complexity index is 783. The predicted octanol–water partition coefficient (Wildman–Crippen LogP) is 2.56. The molecule has 3 fully saturated rings. The van der Waals surface area contributed by atoms with Crippen LogP contribution in [0, 0.1) is 5.82 Å². The van der Waals surface area contributed by atoms with E-state index in [0.29, 0.717) is 28.3 Å². The fourth-order valence-corrected chi connectivity index (χ4v) is 4.26. The Balaban J connectivity index is 1.74. The summed E-state index contributed by atoms with van der Waals surface area (Å²) in [5.41, 5.74) is 0.262. The van der Waals surface area contributed by atoms with E-state index >= 15 is 0 Å². The van der Waals surface area contributed by atoms with Gasteiger partial charge in [-0.25, -0.2) is 14.4 Å². The van der Waals surface area contributed by atoms with E-state index in [4.69, 9.17) is 11.6 Å². The van der Waals surface area contributed by atoms with Gasteiger partial charge >= 0.3 is 7.05 Å². The smallest absolute Gasteiger partial charge is 0.376 e. The highest BCUT2D eigenvalue weighted by Crippen LogP contribution is 2.38. The lowest BCUT2D eigenvalue weighted by Gasteiger charge is -2.57. The molecule has 0 aliphatic carbocycles. The first-order chi connectivity index (χ1) is 11.0. The summed E-state index contributed by atoms with van der Waals surface area (Å²) in [6.07, 6.45) is 2.46. The molecule has 0 spiro atoms. The van der Waals surface area contributed by atoms with Crippen LogP contribution in [-0.2, 0) is 0 Å². The SMILES string of the molecule is CB(O)N1C2CC1CN(c1ncnc3c(F)c(Br)c(Cl)cc13)C2. The maximum Gasteiger partial charge on any atom is 0.376 e. The second-order valence-corrected chi connectivity index (χ2v) is 7.31. The van der Waals surface area contributed by atoms with E-state index in [-0.39, 0.29) is 9.99 Å². The molecule has 0 saturated carbocycles. The summed E-state index contributed by atoms with van der Waals surface area (Å²) in [5, 5.41) is 10.7. The zero-order valence-corrected chi connectivity index (χ0v) is 14.7. The topological polar surface area (TPSA) is 52.5 Å². The first kappa shape index (κ1) is 15.6. The molecule has 0 amide bonds. The van der Waals surface area contributed by atoms with Crippen molar-refractivity contribution in [1.29, 1.82) is 0 Å². The summed E-state index contributed by atoms with van der Waals surface area (Å²) in [7, 11) is -0.439. The predicted molar refractivity (Wildman–Crippen MR) is 92.3 cm³/mol. The van der Waals surface area contributed by atoms with Gasteiger partial charge in [0.25, 0.3) is 0 Å². The van der Waals surface area contributed by atoms with Crippen LogP contribution in [0.25, 0.3) is 10.9 Å². The van der Waals surface area contributed by atoms with Gasteiger partial charge in [-0.05, 0) is 35.2 Å². The molecule has 5 rings (SSSR count). The summed E-state index contributed by atoms with van der Waals surface area (Å²) in [5.74, 6) is 0.229. The Labute approximate surface area is 146 Å². The molecule has 23 heavy (non-hydrogen) atoms. The van der Waals surface area contributed by atoms with E-state index in [0.717, 1.165) is 19.5 Å². The van der Waals surface area contributed by atoms with Crippen LogP contribution in [-0.4, -0.2) is 52.0 Å². The van der Waals surface area contributed by atoms with Crippen molar-refractivity contribution in [2.24, 2.45) is 0 Å². The molecule has 1 aromatic carbocycles. The quantitative estimate of drug-likeness (QED) is 0.621. The number of piperazine rings is 1. The first-order valence-corrected chi connectivity index (χ1v) is 8.63. The van der Waals surface area contributed by atoms with Gasteiger partial charge in [-0.15, -0.1) is 0 Å². The Morgan fingerprint density at radius 3 is 2.74 bits per heavy atom. The van der Waals surface area contributed by atoms with Gasteiger partial charge in [0.1, 0.15) is 17.7 Å². The number of hydrogen-bond acceptors (Lipinski definition) is 5. The number of nitrogens with zero attached hydrogens (tertiary/aromatic N) is 4. The Kier molecular flexibility index (Phi) is 3.75. The van der Waals surface area contributed by atoms with Crippen molar-refractivity contribution in [3.8, 4) is 0 Å². The molecular formula is C14H14BBrClFN4O. The van der Waals surface area contributed by atoms with E-state index in [1.807, 2.05) is 0 Å². The summed E-state index contributed by atoms with van der Waals surface area (Å²) in [4.78, 5) is 12.7. The summed E-state index contributed by atoms with van der Waals surface area (Å²) < 4.78 is 14.6. The van der Waals surface area contributed by atoms with Crippen molar-refractivity contribution in [2.75, 3.05) is 18.0 Å². The third kappa shape index (κ3) is 2.35. The van der Waals surface area contributed by atoms with Gasteiger partial charge in [0.05, 0.1) is 9.50 Å². The Morgan fingerprint density at radius 2 is 2.09 bits per heavy atom. The van der Waals surface area contributed by atoms with Gasteiger partial charge in [-0.3, -0.25) is 0 Å². The van der Waals surface area contributed by atoms with E-state index in [2.05, 4.69) is 35.6 Å². The fourth-order valence-electron chi connectivity index (χ4n) is 3.77. The maximum absolute atomic E-state index is 14.4. The average molecular weight is 399 g/mol. The van der Waals surface area contributed by atoms with Crippen LogP contribution >= 0.6 is 27.5 Å². The minimum atomic E-state index is -0.469. The van der Waals surface area contributed by atoms with E-state index in [9.17, 15) is 9.41 Å². The van der Waals surface area contributed by atoms with Crippen molar-refractivity contribution < 1.29 is 9.41 Å². The molecule has 2 unspecified atom stereocenters. The molecule has 9 heteroatoms. The molecule has 2 atom stereocenters. The number of rotatable bonds is 2. The lowest BCUT2D eigenvalue weighted by Crippen LogP contribution is -2.72. The lowest BCUT2D eigenvalue weighted by atomic mass is 9.71. The summed E-state index contributed by atoms with van der Waals surface area (Å²) in [6.45, 7) is 3.30. The van der Waals surface area contributed by atoms with Gasteiger partial charge in [0, 0.05) is 30.6 Å². The standard InChI is InChI=1S/C14H14BBrClFN4O/c1-15(23)22-7-2-8(22)5-21(4-7)14-9-3-10(17)11(16)12(18)13(9)19-6-20-14/h3,6-8,23H,2,4-5H2,1H3. The molecule has 1 N–H and O–H groups in total. The molecule has 0 radical (unpaired) electrons. The molecule has 5 nitrogen and oxygen atoms in total. The number of fused-ring (bicyclic) bond motifs is 3. The highest BCUT2D eigenvalue weighted by atomic mass is 79.9. The van der Waals surface area contributed by atoms with Gasteiger partial charge in [0.15, 0.2) is 5.82 Å². The molecule has 2 bridgehead atoms. The van der Waals surface area contributed by atoms with Gasteiger partial charge in [-0.1, -0.05) is 11.6 Å². The fraction of sp³-hybridized carbons (Fsp3) is 0.429. The molecule has 3 saturated heterocycles. The third-order valence-electron chi connectivity index (χ3n) is 4.72. The van der Waals surface area contributed by atoms with Crippen LogP contribution in [0.2, 0.25) is 11.8 Å². The zero-order chi connectivity index (χ0) is 16.3. The van der Waals surface area contributed by atoms with E-state index in [1.54, 1.807) is 12.9 Å². The Hall–Kier alpha value is -0.955. The number of hydrogen-bond donors (Lipinski definition) is 1. The lowest BCUT2D eigenvalue weighted by molar-refractivity contribution is 0.0666. The average Bonchev–Trinajstić information content (AvgIpc) is 2.51. The van der Waals surface area contributed by atoms with Gasteiger partial charge in [0.2, 0.25) is 0 Å². The van der Waals surface area contributed by atoms with E-state index in [1.165, 1.54) is 6.33 Å². The normalized spacial score (nSPS) is 24.0.